The second-order valence-electron chi connectivity index (χ2n) is 6.07. The summed E-state index contributed by atoms with van der Waals surface area (Å²) in [5.41, 5.74) is -0.835. The number of carbonyl (C=O) groups is 5. The van der Waals surface area contributed by atoms with Crippen molar-refractivity contribution in [3.05, 3.63) is 29.3 Å². The molecule has 0 bridgehead atoms. The maximum Gasteiger partial charge on any atom is 0.335 e. The topological polar surface area (TPSA) is 161 Å². The molecule has 10 nitrogen and oxygen atoms in total. The van der Waals surface area contributed by atoms with Crippen LogP contribution >= 0.6 is 0 Å². The van der Waals surface area contributed by atoms with Crippen LogP contribution < -0.4 is 10.2 Å². The van der Waals surface area contributed by atoms with Crippen molar-refractivity contribution < 1.29 is 39.3 Å². The maximum atomic E-state index is 12.4. The highest BCUT2D eigenvalue weighted by Gasteiger charge is 2.33. The van der Waals surface area contributed by atoms with E-state index in [1.54, 1.807) is 13.8 Å². The standard InChI is InChI=1S/C17H20N2O8/c1-8(2)14(15(23)18-7-13(21)22)19(9(3)20)12-5-10(16(24)25)4-11(6-12)17(26)27/h4-6,8,14H,7H2,1-3H3,(H,18,23)(H,21,22)(H,24,25)(H,26,27). The zero-order chi connectivity index (χ0) is 20.9. The van der Waals surface area contributed by atoms with Crippen molar-refractivity contribution in [3.63, 3.8) is 0 Å². The SMILES string of the molecule is CC(=O)N(c1cc(C(=O)O)cc(C(=O)O)c1)C(C(=O)NCC(=O)O)C(C)C. The minimum atomic E-state index is -1.40. The first kappa shape index (κ1) is 21.6. The first-order valence-corrected chi connectivity index (χ1v) is 7.86. The minimum Gasteiger partial charge on any atom is -0.480 e. The summed E-state index contributed by atoms with van der Waals surface area (Å²) in [5.74, 6) is -5.97. The lowest BCUT2D eigenvalue weighted by molar-refractivity contribution is -0.138. The molecular formula is C17H20N2O8. The lowest BCUT2D eigenvalue weighted by Crippen LogP contribution is -2.53. The van der Waals surface area contributed by atoms with E-state index >= 15 is 0 Å². The third-order valence-corrected chi connectivity index (χ3v) is 3.62. The highest BCUT2D eigenvalue weighted by molar-refractivity contribution is 6.03. The molecule has 1 rings (SSSR count). The number of carboxylic acids is 3. The van der Waals surface area contributed by atoms with Gasteiger partial charge in [0, 0.05) is 12.6 Å². The number of carbonyl (C=O) groups excluding carboxylic acids is 2. The number of hydrogen-bond donors (Lipinski definition) is 4. The molecule has 1 atom stereocenters. The summed E-state index contributed by atoms with van der Waals surface area (Å²) in [6, 6.07) is 1.92. The number of rotatable bonds is 8. The Morgan fingerprint density at radius 1 is 0.963 bits per heavy atom. The zero-order valence-electron chi connectivity index (χ0n) is 14.9. The van der Waals surface area contributed by atoms with E-state index in [2.05, 4.69) is 5.32 Å². The number of nitrogens with zero attached hydrogens (tertiary/aromatic N) is 1. The average Bonchev–Trinajstić information content (AvgIpc) is 2.55. The largest absolute Gasteiger partial charge is 0.480 e. The van der Waals surface area contributed by atoms with Crippen LogP contribution in [0.5, 0.6) is 0 Å². The van der Waals surface area contributed by atoms with Crippen molar-refractivity contribution in [2.24, 2.45) is 5.92 Å². The third kappa shape index (κ3) is 5.53. The number of nitrogens with one attached hydrogen (secondary N) is 1. The van der Waals surface area contributed by atoms with Gasteiger partial charge in [-0.25, -0.2) is 9.59 Å². The van der Waals surface area contributed by atoms with Gasteiger partial charge in [0.1, 0.15) is 12.6 Å². The summed E-state index contributed by atoms with van der Waals surface area (Å²) in [5, 5.41) is 29.3. The van der Waals surface area contributed by atoms with Crippen molar-refractivity contribution in [2.75, 3.05) is 11.4 Å². The predicted molar refractivity (Wildman–Crippen MR) is 92.8 cm³/mol. The molecule has 1 aromatic rings. The molecule has 0 aliphatic carbocycles. The van der Waals surface area contributed by atoms with Gasteiger partial charge in [-0.2, -0.15) is 0 Å². The molecule has 0 aromatic heterocycles. The van der Waals surface area contributed by atoms with Crippen LogP contribution in [0, 0.1) is 5.92 Å². The van der Waals surface area contributed by atoms with Crippen LogP contribution in [0.1, 0.15) is 41.5 Å². The van der Waals surface area contributed by atoms with E-state index in [1.165, 1.54) is 0 Å². The van der Waals surface area contributed by atoms with Gasteiger partial charge >= 0.3 is 17.9 Å². The summed E-state index contributed by atoms with van der Waals surface area (Å²) < 4.78 is 0. The second-order valence-corrected chi connectivity index (χ2v) is 6.07. The molecule has 0 aliphatic rings. The van der Waals surface area contributed by atoms with Crippen LogP contribution in [-0.2, 0) is 14.4 Å². The number of anilines is 1. The van der Waals surface area contributed by atoms with Crippen LogP contribution in [0.4, 0.5) is 5.69 Å². The van der Waals surface area contributed by atoms with Gasteiger partial charge in [0.2, 0.25) is 11.8 Å². The van der Waals surface area contributed by atoms with Gasteiger partial charge in [0.25, 0.3) is 0 Å². The Labute approximate surface area is 154 Å². The van der Waals surface area contributed by atoms with Gasteiger partial charge in [-0.3, -0.25) is 19.3 Å². The fourth-order valence-corrected chi connectivity index (χ4v) is 2.52. The molecule has 4 N–H and O–H groups in total. The number of hydrogen-bond acceptors (Lipinski definition) is 5. The van der Waals surface area contributed by atoms with E-state index in [0.717, 1.165) is 30.0 Å². The van der Waals surface area contributed by atoms with Gasteiger partial charge in [-0.1, -0.05) is 13.8 Å². The molecule has 0 saturated heterocycles. The highest BCUT2D eigenvalue weighted by Crippen LogP contribution is 2.25. The maximum absolute atomic E-state index is 12.4. The summed E-state index contributed by atoms with van der Waals surface area (Å²) in [4.78, 5) is 58.9. The lowest BCUT2D eigenvalue weighted by Gasteiger charge is -2.33. The van der Waals surface area contributed by atoms with Crippen molar-refractivity contribution >= 4 is 35.4 Å². The predicted octanol–water partition coefficient (Wildman–Crippen LogP) is 0.661. The Morgan fingerprint density at radius 3 is 1.78 bits per heavy atom. The molecule has 0 radical (unpaired) electrons. The zero-order valence-corrected chi connectivity index (χ0v) is 14.9. The number of aromatic carboxylic acids is 2. The Hall–Kier alpha value is -3.43. The van der Waals surface area contributed by atoms with E-state index in [-0.39, 0.29) is 16.8 Å². The molecule has 1 aromatic carbocycles. The average molecular weight is 380 g/mol. The van der Waals surface area contributed by atoms with Gasteiger partial charge in [0.15, 0.2) is 0 Å². The molecule has 0 saturated carbocycles. The fourth-order valence-electron chi connectivity index (χ4n) is 2.52. The van der Waals surface area contributed by atoms with Gasteiger partial charge < -0.3 is 20.6 Å². The first-order chi connectivity index (χ1) is 12.5. The van der Waals surface area contributed by atoms with E-state index in [0.29, 0.717) is 0 Å². The van der Waals surface area contributed by atoms with Gasteiger partial charge in [-0.15, -0.1) is 0 Å². The van der Waals surface area contributed by atoms with Crippen molar-refractivity contribution in [1.29, 1.82) is 0 Å². The first-order valence-electron chi connectivity index (χ1n) is 7.86. The lowest BCUT2D eigenvalue weighted by atomic mass is 9.99. The highest BCUT2D eigenvalue weighted by atomic mass is 16.4. The fraction of sp³-hybridized carbons (Fsp3) is 0.353. The Balaban J connectivity index is 3.50. The smallest absolute Gasteiger partial charge is 0.335 e. The third-order valence-electron chi connectivity index (χ3n) is 3.62. The number of aliphatic carboxylic acids is 1. The number of carboxylic acid groups (broad SMARTS) is 3. The molecule has 0 fully saturated rings. The summed E-state index contributed by atoms with van der Waals surface area (Å²) >= 11 is 0. The van der Waals surface area contributed by atoms with E-state index < -0.39 is 48.2 Å². The van der Waals surface area contributed by atoms with E-state index in [4.69, 9.17) is 5.11 Å². The molecular weight excluding hydrogens is 360 g/mol. The number of benzene rings is 1. The molecule has 27 heavy (non-hydrogen) atoms. The molecule has 0 spiro atoms. The quantitative estimate of drug-likeness (QED) is 0.511. The molecule has 10 heteroatoms. The minimum absolute atomic E-state index is 0.0935. The van der Waals surface area contributed by atoms with E-state index in [9.17, 15) is 34.2 Å². The van der Waals surface area contributed by atoms with Crippen LogP contribution in [0.3, 0.4) is 0 Å². The Morgan fingerprint density at radius 2 is 1.44 bits per heavy atom. The molecule has 1 unspecified atom stereocenters. The number of amides is 2. The monoisotopic (exact) mass is 380 g/mol. The van der Waals surface area contributed by atoms with Crippen LogP contribution in [0.2, 0.25) is 0 Å². The van der Waals surface area contributed by atoms with Crippen molar-refractivity contribution in [3.8, 4) is 0 Å². The Kier molecular flexibility index (Phi) is 7.03. The molecule has 146 valence electrons. The molecule has 0 heterocycles. The van der Waals surface area contributed by atoms with Crippen molar-refractivity contribution in [1.82, 2.24) is 5.32 Å². The van der Waals surface area contributed by atoms with Crippen LogP contribution in [0.25, 0.3) is 0 Å². The van der Waals surface area contributed by atoms with E-state index in [1.807, 2.05) is 0 Å². The second kappa shape index (κ2) is 8.79. The molecule has 2 amide bonds. The van der Waals surface area contributed by atoms with Crippen LogP contribution in [0.15, 0.2) is 18.2 Å². The van der Waals surface area contributed by atoms with Gasteiger partial charge in [-0.05, 0) is 24.1 Å². The summed E-state index contributed by atoms with van der Waals surface area (Å²) in [6.45, 7) is 3.69. The normalized spacial score (nSPS) is 11.6. The Bertz CT molecular complexity index is 755. The molecule has 0 aliphatic heterocycles. The van der Waals surface area contributed by atoms with Crippen LogP contribution in [-0.4, -0.2) is 57.6 Å². The van der Waals surface area contributed by atoms with Crippen molar-refractivity contribution in [2.45, 2.75) is 26.8 Å². The summed E-state index contributed by atoms with van der Waals surface area (Å²) in [7, 11) is 0. The summed E-state index contributed by atoms with van der Waals surface area (Å²) in [6.07, 6.45) is 0. The van der Waals surface area contributed by atoms with Gasteiger partial charge in [0.05, 0.1) is 11.1 Å².